The molecule has 1 heterocycles. The molecule has 0 amide bonds. The van der Waals surface area contributed by atoms with Crippen LogP contribution in [0.25, 0.3) is 0 Å². The van der Waals surface area contributed by atoms with E-state index in [0.717, 1.165) is 13.2 Å². The van der Waals surface area contributed by atoms with Crippen LogP contribution in [0.2, 0.25) is 0 Å². The zero-order valence-corrected chi connectivity index (χ0v) is 3.52. The van der Waals surface area contributed by atoms with Crippen LogP contribution in [0, 0.1) is 0 Å². The highest BCUT2D eigenvalue weighted by molar-refractivity contribution is 4.84. The molecule has 6 heavy (non-hydrogen) atoms. The van der Waals surface area contributed by atoms with E-state index in [9.17, 15) is 0 Å². The van der Waals surface area contributed by atoms with Crippen LogP contribution in [0.3, 0.4) is 0 Å². The molecule has 0 aliphatic carbocycles. The molecule has 0 atom stereocenters. The van der Waals surface area contributed by atoms with E-state index in [2.05, 4.69) is 10.6 Å². The molecule has 0 saturated heterocycles. The molecule has 1 N–H and O–H groups in total. The van der Waals surface area contributed by atoms with Crippen LogP contribution >= 0.6 is 0 Å². The van der Waals surface area contributed by atoms with Crippen molar-refractivity contribution in [1.82, 2.24) is 10.6 Å². The Bertz CT molecular complexity index is 50.6. The molecule has 1 aliphatic rings. The van der Waals surface area contributed by atoms with Crippen molar-refractivity contribution >= 4 is 0 Å². The average Bonchev–Trinajstić information content (AvgIpc) is 1.72. The molecule has 0 aromatic rings. The highest BCUT2D eigenvalue weighted by Crippen LogP contribution is 1.71. The van der Waals surface area contributed by atoms with Gasteiger partial charge in [-0.2, -0.15) is 0 Å². The fourth-order valence-electron chi connectivity index (χ4n) is 0.392. The van der Waals surface area contributed by atoms with E-state index in [1.54, 1.807) is 0 Å². The lowest BCUT2D eigenvalue weighted by atomic mass is 10.5. The number of hydrogen-bond donors (Lipinski definition) is 1. The van der Waals surface area contributed by atoms with E-state index in [1.807, 2.05) is 12.3 Å². The summed E-state index contributed by atoms with van der Waals surface area (Å²) < 4.78 is 0. The van der Waals surface area contributed by atoms with Gasteiger partial charge in [-0.1, -0.05) is 6.08 Å². The van der Waals surface area contributed by atoms with Crippen LogP contribution in [-0.2, 0) is 0 Å². The predicted molar refractivity (Wildman–Crippen MR) is 24.1 cm³/mol. The maximum Gasteiger partial charge on any atom is 0.0813 e. The van der Waals surface area contributed by atoms with Crippen molar-refractivity contribution in [3.05, 3.63) is 12.3 Å². The molecular weight excluding hydrogens is 76.1 g/mol. The van der Waals surface area contributed by atoms with E-state index in [1.165, 1.54) is 0 Å². The zero-order valence-electron chi connectivity index (χ0n) is 3.52. The second-order valence-electron chi connectivity index (χ2n) is 1.17. The first kappa shape index (κ1) is 3.68. The fourth-order valence-corrected chi connectivity index (χ4v) is 0.392. The predicted octanol–water partition coefficient (Wildman–Crippen LogP) is -0.335. The average molecular weight is 83.1 g/mol. The lowest BCUT2D eigenvalue weighted by molar-refractivity contribution is 0.656. The minimum atomic E-state index is 0.788. The number of nitrogens with one attached hydrogen (secondary N) is 1. The number of hydrogen-bond acceptors (Lipinski definition) is 1. The van der Waals surface area contributed by atoms with Crippen LogP contribution in [-0.4, -0.2) is 13.2 Å². The highest BCUT2D eigenvalue weighted by atomic mass is 15.1. The van der Waals surface area contributed by atoms with Gasteiger partial charge in [0.15, 0.2) is 0 Å². The summed E-state index contributed by atoms with van der Waals surface area (Å²) in [6.07, 6.45) is 3.91. The van der Waals surface area contributed by atoms with Gasteiger partial charge in [-0.05, 0) is 6.20 Å². The second-order valence-corrected chi connectivity index (χ2v) is 1.17. The van der Waals surface area contributed by atoms with E-state index in [-0.39, 0.29) is 0 Å². The first-order valence-corrected chi connectivity index (χ1v) is 2.02. The summed E-state index contributed by atoms with van der Waals surface area (Å²) in [6.45, 7) is 1.67. The molecular formula is C4H7N2. The standard InChI is InChI=1S/C4H7N2/c1-2-5-4-6-3-1/h1-2,5H,3-4H2. The molecule has 0 bridgehead atoms. The van der Waals surface area contributed by atoms with Crippen LogP contribution < -0.4 is 10.6 Å². The third-order valence-electron chi connectivity index (χ3n) is 0.673. The van der Waals surface area contributed by atoms with Crippen molar-refractivity contribution in [2.24, 2.45) is 0 Å². The van der Waals surface area contributed by atoms with Gasteiger partial charge in [0, 0.05) is 6.54 Å². The monoisotopic (exact) mass is 83.1 g/mol. The lowest BCUT2D eigenvalue weighted by Gasteiger charge is -2.02. The largest absolute Gasteiger partial charge is 0.377 e. The van der Waals surface area contributed by atoms with Crippen molar-refractivity contribution in [1.29, 1.82) is 0 Å². The number of rotatable bonds is 0. The highest BCUT2D eigenvalue weighted by Gasteiger charge is 1.83. The van der Waals surface area contributed by atoms with Gasteiger partial charge in [-0.3, -0.25) is 0 Å². The van der Waals surface area contributed by atoms with E-state index in [0.29, 0.717) is 0 Å². The maximum atomic E-state index is 3.98. The first-order valence-electron chi connectivity index (χ1n) is 2.02. The van der Waals surface area contributed by atoms with E-state index < -0.39 is 0 Å². The summed E-state index contributed by atoms with van der Waals surface area (Å²) in [6, 6.07) is 0. The van der Waals surface area contributed by atoms with Crippen molar-refractivity contribution in [3.63, 3.8) is 0 Å². The Kier molecular flexibility index (Phi) is 1.12. The van der Waals surface area contributed by atoms with Crippen LogP contribution in [0.1, 0.15) is 0 Å². The summed E-state index contributed by atoms with van der Waals surface area (Å²) >= 11 is 0. The molecule has 2 nitrogen and oxygen atoms in total. The summed E-state index contributed by atoms with van der Waals surface area (Å²) in [5.74, 6) is 0. The zero-order chi connectivity index (χ0) is 4.24. The normalized spacial score (nSPS) is 20.0. The Labute approximate surface area is 37.2 Å². The summed E-state index contributed by atoms with van der Waals surface area (Å²) in [5.41, 5.74) is 0. The fraction of sp³-hybridized carbons (Fsp3) is 0.500. The Morgan fingerprint density at radius 3 is 2.83 bits per heavy atom. The van der Waals surface area contributed by atoms with Gasteiger partial charge in [0.1, 0.15) is 0 Å². The molecule has 0 saturated carbocycles. The van der Waals surface area contributed by atoms with Gasteiger partial charge < -0.3 is 5.32 Å². The topological polar surface area (TPSA) is 26.1 Å². The van der Waals surface area contributed by atoms with Crippen molar-refractivity contribution < 1.29 is 0 Å². The smallest absolute Gasteiger partial charge is 0.0813 e. The second kappa shape index (κ2) is 1.82. The van der Waals surface area contributed by atoms with Crippen molar-refractivity contribution in [2.75, 3.05) is 13.2 Å². The molecule has 1 rings (SSSR count). The molecule has 0 spiro atoms. The Morgan fingerprint density at radius 2 is 2.67 bits per heavy atom. The SMILES string of the molecule is C1=CNC[N]C1. The molecule has 33 valence electrons. The Hall–Kier alpha value is -0.500. The van der Waals surface area contributed by atoms with Gasteiger partial charge in [-0.15, -0.1) is 0 Å². The Balaban J connectivity index is 2.26. The Morgan fingerprint density at radius 1 is 1.67 bits per heavy atom. The molecule has 0 aromatic heterocycles. The summed E-state index contributed by atoms with van der Waals surface area (Å²) in [5, 5.41) is 6.92. The summed E-state index contributed by atoms with van der Waals surface area (Å²) in [4.78, 5) is 0. The maximum absolute atomic E-state index is 3.98. The summed E-state index contributed by atoms with van der Waals surface area (Å²) in [7, 11) is 0. The van der Waals surface area contributed by atoms with Crippen molar-refractivity contribution in [3.8, 4) is 0 Å². The minimum absolute atomic E-state index is 0.788. The third-order valence-corrected chi connectivity index (χ3v) is 0.673. The lowest BCUT2D eigenvalue weighted by Crippen LogP contribution is -2.23. The molecule has 1 aliphatic heterocycles. The van der Waals surface area contributed by atoms with Crippen LogP contribution in [0.4, 0.5) is 0 Å². The van der Waals surface area contributed by atoms with Gasteiger partial charge >= 0.3 is 0 Å². The van der Waals surface area contributed by atoms with Crippen molar-refractivity contribution in [2.45, 2.75) is 0 Å². The third kappa shape index (κ3) is 0.723. The first-order chi connectivity index (χ1) is 3.00. The van der Waals surface area contributed by atoms with Crippen LogP contribution in [0.5, 0.6) is 0 Å². The van der Waals surface area contributed by atoms with Gasteiger partial charge in [0.25, 0.3) is 0 Å². The molecule has 0 aromatic carbocycles. The molecule has 2 heteroatoms. The molecule has 0 fully saturated rings. The number of nitrogens with zero attached hydrogens (tertiary/aromatic N) is 1. The van der Waals surface area contributed by atoms with Gasteiger partial charge in [-0.25, -0.2) is 5.32 Å². The van der Waals surface area contributed by atoms with Gasteiger partial charge in [0.2, 0.25) is 0 Å². The van der Waals surface area contributed by atoms with Gasteiger partial charge in [0.05, 0.1) is 6.67 Å². The quantitative estimate of drug-likeness (QED) is 0.426. The molecule has 0 unspecified atom stereocenters. The van der Waals surface area contributed by atoms with E-state index >= 15 is 0 Å². The molecule has 1 radical (unpaired) electrons. The van der Waals surface area contributed by atoms with E-state index in [4.69, 9.17) is 0 Å². The van der Waals surface area contributed by atoms with Crippen LogP contribution in [0.15, 0.2) is 12.3 Å². The minimum Gasteiger partial charge on any atom is -0.377 e.